The van der Waals surface area contributed by atoms with Crippen molar-refractivity contribution >= 4 is 16.9 Å². The molecule has 29 heavy (non-hydrogen) atoms. The third kappa shape index (κ3) is 3.67. The predicted octanol–water partition coefficient (Wildman–Crippen LogP) is 3.64. The van der Waals surface area contributed by atoms with E-state index in [-0.39, 0.29) is 5.56 Å². The molecule has 0 aliphatic carbocycles. The summed E-state index contributed by atoms with van der Waals surface area (Å²) in [7, 11) is 0. The van der Waals surface area contributed by atoms with Crippen molar-refractivity contribution in [2.45, 2.75) is 26.9 Å². The standard InChI is InChI=1S/C22H20N4O3/c1-13-12-14(2)26(25-13)17-10-8-16(9-11-17)22(28)29-15(3)20-23-19-7-5-4-6-18(19)21(27)24-20/h4-12,15H,1-3H3,(H,23,24,27). The van der Waals surface area contributed by atoms with E-state index >= 15 is 0 Å². The molecule has 0 saturated heterocycles. The van der Waals surface area contributed by atoms with Crippen LogP contribution in [0.2, 0.25) is 0 Å². The molecular formula is C22H20N4O3. The number of carbonyl (C=O) groups excluding carboxylic acids is 1. The zero-order chi connectivity index (χ0) is 20.5. The molecule has 0 aliphatic heterocycles. The van der Waals surface area contributed by atoms with Gasteiger partial charge in [-0.3, -0.25) is 4.79 Å². The van der Waals surface area contributed by atoms with Crippen molar-refractivity contribution < 1.29 is 9.53 Å². The molecule has 0 bridgehead atoms. The number of H-pyrrole nitrogens is 1. The lowest BCUT2D eigenvalue weighted by Gasteiger charge is -2.13. The fraction of sp³-hybridized carbons (Fsp3) is 0.182. The van der Waals surface area contributed by atoms with E-state index in [0.717, 1.165) is 17.1 Å². The first-order valence-corrected chi connectivity index (χ1v) is 9.26. The van der Waals surface area contributed by atoms with E-state index < -0.39 is 12.1 Å². The molecule has 0 fully saturated rings. The molecule has 4 aromatic rings. The van der Waals surface area contributed by atoms with Crippen molar-refractivity contribution in [2.75, 3.05) is 0 Å². The number of rotatable bonds is 4. The minimum atomic E-state index is -0.699. The molecule has 0 amide bonds. The third-order valence-electron chi connectivity index (χ3n) is 4.66. The van der Waals surface area contributed by atoms with Gasteiger partial charge in [0, 0.05) is 5.69 Å². The van der Waals surface area contributed by atoms with Crippen LogP contribution in [0.15, 0.2) is 59.4 Å². The van der Waals surface area contributed by atoms with Crippen LogP contribution in [0.25, 0.3) is 16.6 Å². The van der Waals surface area contributed by atoms with Crippen LogP contribution in [0.5, 0.6) is 0 Å². The SMILES string of the molecule is Cc1cc(C)n(-c2ccc(C(=O)OC(C)c3nc4ccccc4c(=O)[nH]3)cc2)n1. The number of aromatic nitrogens is 4. The number of nitrogens with one attached hydrogen (secondary N) is 1. The molecule has 1 N–H and O–H groups in total. The molecule has 146 valence electrons. The number of fused-ring (bicyclic) bond motifs is 1. The topological polar surface area (TPSA) is 89.9 Å². The lowest BCUT2D eigenvalue weighted by Crippen LogP contribution is -2.17. The maximum absolute atomic E-state index is 12.5. The van der Waals surface area contributed by atoms with E-state index in [1.54, 1.807) is 43.3 Å². The van der Waals surface area contributed by atoms with Gasteiger partial charge >= 0.3 is 5.97 Å². The van der Waals surface area contributed by atoms with Gasteiger partial charge < -0.3 is 9.72 Å². The van der Waals surface area contributed by atoms with Crippen molar-refractivity contribution in [3.63, 3.8) is 0 Å². The largest absolute Gasteiger partial charge is 0.451 e. The number of para-hydroxylation sites is 1. The van der Waals surface area contributed by atoms with Gasteiger partial charge in [0.15, 0.2) is 11.9 Å². The van der Waals surface area contributed by atoms with Gasteiger partial charge in [0.1, 0.15) is 0 Å². The summed E-state index contributed by atoms with van der Waals surface area (Å²) in [5.41, 5.74) is 3.51. The highest BCUT2D eigenvalue weighted by molar-refractivity contribution is 5.89. The average molecular weight is 388 g/mol. The van der Waals surface area contributed by atoms with Crippen LogP contribution in [-0.2, 0) is 4.74 Å². The zero-order valence-corrected chi connectivity index (χ0v) is 16.3. The summed E-state index contributed by atoms with van der Waals surface area (Å²) in [5.74, 6) is -0.186. The van der Waals surface area contributed by atoms with E-state index in [1.807, 2.05) is 36.7 Å². The Labute approximate surface area is 167 Å². The molecule has 7 nitrogen and oxygen atoms in total. The smallest absolute Gasteiger partial charge is 0.338 e. The first-order valence-electron chi connectivity index (χ1n) is 9.26. The van der Waals surface area contributed by atoms with Crippen molar-refractivity contribution in [2.24, 2.45) is 0 Å². The number of esters is 1. The Morgan fingerprint density at radius 1 is 1.10 bits per heavy atom. The summed E-state index contributed by atoms with van der Waals surface area (Å²) in [4.78, 5) is 31.8. The van der Waals surface area contributed by atoms with Crippen LogP contribution < -0.4 is 5.56 Å². The Balaban J connectivity index is 1.53. The van der Waals surface area contributed by atoms with Gasteiger partial charge in [0.25, 0.3) is 5.56 Å². The number of hydrogen-bond acceptors (Lipinski definition) is 5. The highest BCUT2D eigenvalue weighted by Crippen LogP contribution is 2.18. The number of nitrogens with zero attached hydrogens (tertiary/aromatic N) is 3. The normalized spacial score (nSPS) is 12.1. The molecular weight excluding hydrogens is 368 g/mol. The molecule has 0 radical (unpaired) electrons. The fourth-order valence-corrected chi connectivity index (χ4v) is 3.21. The minimum Gasteiger partial charge on any atom is -0.451 e. The Kier molecular flexibility index (Phi) is 4.72. The number of ether oxygens (including phenoxy) is 1. The number of benzene rings is 2. The van der Waals surface area contributed by atoms with Crippen LogP contribution in [-0.4, -0.2) is 25.7 Å². The van der Waals surface area contributed by atoms with E-state index in [2.05, 4.69) is 15.1 Å². The number of aryl methyl sites for hydroxylation is 2. The second-order valence-electron chi connectivity index (χ2n) is 6.90. The van der Waals surface area contributed by atoms with E-state index in [0.29, 0.717) is 22.3 Å². The molecule has 0 saturated carbocycles. The Hall–Kier alpha value is -3.74. The van der Waals surface area contributed by atoms with E-state index in [1.165, 1.54) is 0 Å². The molecule has 0 spiro atoms. The van der Waals surface area contributed by atoms with Gasteiger partial charge in [-0.2, -0.15) is 5.10 Å². The zero-order valence-electron chi connectivity index (χ0n) is 16.3. The first kappa shape index (κ1) is 18.6. The first-order chi connectivity index (χ1) is 13.9. The van der Waals surface area contributed by atoms with Crippen LogP contribution in [0.4, 0.5) is 0 Å². The highest BCUT2D eigenvalue weighted by Gasteiger charge is 2.17. The molecule has 7 heteroatoms. The Morgan fingerprint density at radius 3 is 2.52 bits per heavy atom. The fourth-order valence-electron chi connectivity index (χ4n) is 3.21. The summed E-state index contributed by atoms with van der Waals surface area (Å²) >= 11 is 0. The maximum atomic E-state index is 12.5. The lowest BCUT2D eigenvalue weighted by atomic mass is 10.2. The van der Waals surface area contributed by atoms with Crippen molar-refractivity contribution in [1.29, 1.82) is 0 Å². The Morgan fingerprint density at radius 2 is 1.83 bits per heavy atom. The van der Waals surface area contributed by atoms with Crippen LogP contribution in [0.1, 0.15) is 40.6 Å². The lowest BCUT2D eigenvalue weighted by molar-refractivity contribution is 0.0320. The van der Waals surface area contributed by atoms with Gasteiger partial charge in [0.2, 0.25) is 0 Å². The molecule has 4 rings (SSSR count). The molecule has 2 aromatic carbocycles. The molecule has 1 unspecified atom stereocenters. The minimum absolute atomic E-state index is 0.261. The monoisotopic (exact) mass is 388 g/mol. The number of aromatic amines is 1. The second-order valence-corrected chi connectivity index (χ2v) is 6.90. The van der Waals surface area contributed by atoms with Gasteiger partial charge in [0.05, 0.1) is 27.8 Å². The summed E-state index contributed by atoms with van der Waals surface area (Å²) < 4.78 is 7.32. The molecule has 0 aliphatic rings. The van der Waals surface area contributed by atoms with Crippen molar-refractivity contribution in [3.05, 3.63) is 87.7 Å². The van der Waals surface area contributed by atoms with Crippen molar-refractivity contribution in [3.8, 4) is 5.69 Å². The van der Waals surface area contributed by atoms with Crippen LogP contribution in [0.3, 0.4) is 0 Å². The molecule has 1 atom stereocenters. The van der Waals surface area contributed by atoms with Crippen LogP contribution in [0, 0.1) is 13.8 Å². The van der Waals surface area contributed by atoms with E-state index in [4.69, 9.17) is 4.74 Å². The van der Waals surface area contributed by atoms with E-state index in [9.17, 15) is 9.59 Å². The molecule has 2 aromatic heterocycles. The van der Waals surface area contributed by atoms with Gasteiger partial charge in [-0.25, -0.2) is 14.5 Å². The van der Waals surface area contributed by atoms with Crippen molar-refractivity contribution in [1.82, 2.24) is 19.7 Å². The van der Waals surface area contributed by atoms with Gasteiger partial charge in [-0.05, 0) is 63.2 Å². The summed E-state index contributed by atoms with van der Waals surface area (Å²) in [5, 5.41) is 4.93. The number of hydrogen-bond donors (Lipinski definition) is 1. The second kappa shape index (κ2) is 7.35. The summed E-state index contributed by atoms with van der Waals surface area (Å²) in [6.07, 6.45) is -0.699. The van der Waals surface area contributed by atoms with Crippen LogP contribution >= 0.6 is 0 Å². The number of carbonyl (C=O) groups is 1. The molecule has 2 heterocycles. The predicted molar refractivity (Wildman–Crippen MR) is 109 cm³/mol. The summed E-state index contributed by atoms with van der Waals surface area (Å²) in [6.45, 7) is 5.58. The maximum Gasteiger partial charge on any atom is 0.338 e. The summed E-state index contributed by atoms with van der Waals surface area (Å²) in [6, 6.07) is 16.0. The third-order valence-corrected chi connectivity index (χ3v) is 4.66. The Bertz CT molecular complexity index is 1260. The van der Waals surface area contributed by atoms with Gasteiger partial charge in [-0.15, -0.1) is 0 Å². The average Bonchev–Trinajstić information content (AvgIpc) is 3.06. The quantitative estimate of drug-likeness (QED) is 0.539. The highest BCUT2D eigenvalue weighted by atomic mass is 16.5. The van der Waals surface area contributed by atoms with Gasteiger partial charge in [-0.1, -0.05) is 12.1 Å².